The number of ether oxygens (including phenoxy) is 3. The number of carbonyl (C=O) groups excluding carboxylic acids is 2. The van der Waals surface area contributed by atoms with Crippen LogP contribution in [0.2, 0.25) is 10.0 Å². The van der Waals surface area contributed by atoms with Crippen LogP contribution >= 0.6 is 23.2 Å². The van der Waals surface area contributed by atoms with Crippen LogP contribution in [-0.2, 0) is 22.4 Å². The van der Waals surface area contributed by atoms with E-state index in [-0.39, 0.29) is 24.0 Å². The fourth-order valence-electron chi connectivity index (χ4n) is 5.94. The highest BCUT2D eigenvalue weighted by molar-refractivity contribution is 6.37. The Morgan fingerprint density at radius 3 is 2.47 bits per heavy atom. The van der Waals surface area contributed by atoms with E-state index in [1.807, 2.05) is 51.7 Å². The van der Waals surface area contributed by atoms with E-state index in [1.165, 1.54) is 0 Å². The van der Waals surface area contributed by atoms with Crippen LogP contribution in [0.3, 0.4) is 0 Å². The number of unbranched alkanes of at least 4 members (excludes halogenated alkanes) is 1. The van der Waals surface area contributed by atoms with Crippen LogP contribution in [-0.4, -0.2) is 65.7 Å². The first-order valence-electron chi connectivity index (χ1n) is 15.2. The number of benzene rings is 1. The summed E-state index contributed by atoms with van der Waals surface area (Å²) in [5.74, 6) is 0.512. The predicted molar refractivity (Wildman–Crippen MR) is 169 cm³/mol. The molecule has 1 atom stereocenters. The van der Waals surface area contributed by atoms with Crippen molar-refractivity contribution in [2.24, 2.45) is 5.92 Å². The van der Waals surface area contributed by atoms with Crippen LogP contribution in [0.4, 0.5) is 4.79 Å². The molecule has 0 bridgehead atoms. The van der Waals surface area contributed by atoms with Crippen LogP contribution in [0, 0.1) is 19.8 Å². The summed E-state index contributed by atoms with van der Waals surface area (Å²) in [4.78, 5) is 34.8. The molecule has 0 aliphatic carbocycles. The van der Waals surface area contributed by atoms with E-state index in [9.17, 15) is 9.59 Å². The first-order chi connectivity index (χ1) is 20.3. The molecule has 1 fully saturated rings. The Morgan fingerprint density at radius 1 is 1.14 bits per heavy atom. The molecule has 1 aromatic heterocycles. The molecule has 43 heavy (non-hydrogen) atoms. The molecular formula is C33H45Cl2N3O5. The zero-order valence-corrected chi connectivity index (χ0v) is 28.0. The second-order valence-corrected chi connectivity index (χ2v) is 13.4. The van der Waals surface area contributed by atoms with E-state index in [0.717, 1.165) is 35.2 Å². The number of carbonyl (C=O) groups is 2. The number of fused-ring (bicyclic) bond motifs is 1. The molecule has 0 radical (unpaired) electrons. The lowest BCUT2D eigenvalue weighted by Gasteiger charge is -2.37. The summed E-state index contributed by atoms with van der Waals surface area (Å²) in [5.41, 5.74) is 4.19. The van der Waals surface area contributed by atoms with Crippen molar-refractivity contribution in [3.63, 3.8) is 0 Å². The van der Waals surface area contributed by atoms with Gasteiger partial charge in [0.05, 0.1) is 29.8 Å². The minimum Gasteiger partial charge on any atom is -0.477 e. The summed E-state index contributed by atoms with van der Waals surface area (Å²) >= 11 is 13.9. The fourth-order valence-corrected chi connectivity index (χ4v) is 6.61. The first-order valence-corrected chi connectivity index (χ1v) is 16.0. The third-order valence-corrected chi connectivity index (χ3v) is 8.93. The van der Waals surface area contributed by atoms with Crippen molar-refractivity contribution < 1.29 is 23.8 Å². The van der Waals surface area contributed by atoms with Crippen LogP contribution in [0.1, 0.15) is 97.8 Å². The summed E-state index contributed by atoms with van der Waals surface area (Å²) in [7, 11) is 1.65. The number of halogens is 2. The molecule has 2 aromatic rings. The minimum absolute atomic E-state index is 0.0919. The highest BCUT2D eigenvalue weighted by Gasteiger charge is 2.36. The number of methoxy groups -OCH3 is 1. The fraction of sp³-hybridized carbons (Fsp3) is 0.606. The maximum atomic E-state index is 14.0. The molecule has 2 aliphatic heterocycles. The molecule has 10 heteroatoms. The van der Waals surface area contributed by atoms with Crippen molar-refractivity contribution in [1.29, 1.82) is 0 Å². The molecule has 1 aromatic carbocycles. The van der Waals surface area contributed by atoms with Gasteiger partial charge in [0.2, 0.25) is 5.88 Å². The molecule has 2 amide bonds. The monoisotopic (exact) mass is 633 g/mol. The van der Waals surface area contributed by atoms with Crippen LogP contribution in [0.15, 0.2) is 12.1 Å². The lowest BCUT2D eigenvalue weighted by atomic mass is 9.85. The summed E-state index contributed by atoms with van der Waals surface area (Å²) in [5, 5.41) is 0.904. The largest absolute Gasteiger partial charge is 0.477 e. The van der Waals surface area contributed by atoms with Crippen molar-refractivity contribution in [3.8, 4) is 5.88 Å². The van der Waals surface area contributed by atoms with E-state index >= 15 is 0 Å². The molecule has 0 spiro atoms. The highest BCUT2D eigenvalue weighted by Crippen LogP contribution is 2.43. The maximum absolute atomic E-state index is 14.0. The average molecular weight is 635 g/mol. The average Bonchev–Trinajstić information content (AvgIpc) is 2.93. The normalized spacial score (nSPS) is 16.7. The maximum Gasteiger partial charge on any atom is 0.410 e. The molecule has 3 heterocycles. The second-order valence-electron chi connectivity index (χ2n) is 12.6. The minimum atomic E-state index is -0.546. The van der Waals surface area contributed by atoms with Gasteiger partial charge in [-0.25, -0.2) is 9.78 Å². The zero-order chi connectivity index (χ0) is 31.5. The Bertz CT molecular complexity index is 1340. The van der Waals surface area contributed by atoms with Gasteiger partial charge in [0.15, 0.2) is 0 Å². The SMILES string of the molecule is CCCCOc1nc(C)cc(C)c1CN1CCc2c(Cl)cc(C(OC)C3CCN(C(=O)OC(C)(C)C)CC3)c(Cl)c2C1=O. The Kier molecular flexibility index (Phi) is 10.9. The molecule has 1 unspecified atom stereocenters. The number of amides is 2. The van der Waals surface area contributed by atoms with Crippen LogP contribution in [0.25, 0.3) is 0 Å². The molecule has 0 saturated carbocycles. The number of aromatic nitrogens is 1. The summed E-state index contributed by atoms with van der Waals surface area (Å²) in [6, 6.07) is 3.87. The lowest BCUT2D eigenvalue weighted by Crippen LogP contribution is -2.42. The summed E-state index contributed by atoms with van der Waals surface area (Å²) in [6.07, 6.45) is 3.29. The number of aryl methyl sites for hydroxylation is 2. The molecule has 0 N–H and O–H groups in total. The van der Waals surface area contributed by atoms with Gasteiger partial charge in [-0.2, -0.15) is 0 Å². The summed E-state index contributed by atoms with van der Waals surface area (Å²) in [6.45, 7) is 14.2. The molecule has 236 valence electrons. The van der Waals surface area contributed by atoms with E-state index in [2.05, 4.69) is 11.9 Å². The van der Waals surface area contributed by atoms with Gasteiger partial charge in [-0.15, -0.1) is 0 Å². The van der Waals surface area contributed by atoms with Gasteiger partial charge in [0.25, 0.3) is 5.91 Å². The standard InChI is InChI=1S/C33H45Cl2N3O5/c1-8-9-16-42-30-25(20(2)17-21(3)36-30)19-38-15-12-23-26(34)18-24(28(35)27(23)31(38)39)29(41-7)22-10-13-37(14-11-22)32(40)43-33(4,5)6/h17-18,22,29H,8-16,19H2,1-7H3. The molecule has 8 nitrogen and oxygen atoms in total. The number of hydrogen-bond acceptors (Lipinski definition) is 6. The smallest absolute Gasteiger partial charge is 0.410 e. The summed E-state index contributed by atoms with van der Waals surface area (Å²) < 4.78 is 17.6. The van der Waals surface area contributed by atoms with Gasteiger partial charge >= 0.3 is 6.09 Å². The number of likely N-dealkylation sites (tertiary alicyclic amines) is 1. The third kappa shape index (κ3) is 7.76. The van der Waals surface area contributed by atoms with Gasteiger partial charge in [0, 0.05) is 48.6 Å². The molecule has 2 aliphatic rings. The predicted octanol–water partition coefficient (Wildman–Crippen LogP) is 7.72. The van der Waals surface area contributed by atoms with Crippen LogP contribution < -0.4 is 4.74 Å². The van der Waals surface area contributed by atoms with Crippen molar-refractivity contribution in [2.75, 3.05) is 33.4 Å². The van der Waals surface area contributed by atoms with Gasteiger partial charge in [-0.1, -0.05) is 36.5 Å². The quantitative estimate of drug-likeness (QED) is 0.263. The molecular weight excluding hydrogens is 589 g/mol. The second kappa shape index (κ2) is 14.0. The van der Waals surface area contributed by atoms with Crippen molar-refractivity contribution in [2.45, 2.75) is 91.9 Å². The van der Waals surface area contributed by atoms with Gasteiger partial charge in [0.1, 0.15) is 5.60 Å². The van der Waals surface area contributed by atoms with Gasteiger partial charge < -0.3 is 24.0 Å². The van der Waals surface area contributed by atoms with Gasteiger partial charge in [-0.3, -0.25) is 4.79 Å². The van der Waals surface area contributed by atoms with E-state index < -0.39 is 5.60 Å². The Morgan fingerprint density at radius 2 is 1.84 bits per heavy atom. The lowest BCUT2D eigenvalue weighted by molar-refractivity contribution is -0.00235. The van der Waals surface area contributed by atoms with Crippen molar-refractivity contribution in [1.82, 2.24) is 14.8 Å². The number of pyridine rings is 1. The van der Waals surface area contributed by atoms with E-state index in [0.29, 0.717) is 79.1 Å². The molecule has 1 saturated heterocycles. The molecule has 4 rings (SSSR count). The van der Waals surface area contributed by atoms with E-state index in [4.69, 9.17) is 37.4 Å². The van der Waals surface area contributed by atoms with Crippen molar-refractivity contribution >= 4 is 35.2 Å². The van der Waals surface area contributed by atoms with Gasteiger partial charge in [-0.05, 0) is 89.5 Å². The topological polar surface area (TPSA) is 81.2 Å². The highest BCUT2D eigenvalue weighted by atomic mass is 35.5. The zero-order valence-electron chi connectivity index (χ0n) is 26.5. The Labute approximate surface area is 266 Å². The van der Waals surface area contributed by atoms with E-state index in [1.54, 1.807) is 12.0 Å². The number of rotatable bonds is 9. The number of hydrogen-bond donors (Lipinski definition) is 0. The Hall–Kier alpha value is -2.55. The Balaban J connectivity index is 1.56. The van der Waals surface area contributed by atoms with Crippen LogP contribution in [0.5, 0.6) is 5.88 Å². The number of piperidine rings is 1. The third-order valence-electron chi connectivity index (χ3n) is 8.18. The van der Waals surface area contributed by atoms with Crippen molar-refractivity contribution in [3.05, 3.63) is 55.7 Å². The first kappa shape index (κ1) is 33.3. The number of nitrogens with zero attached hydrogens (tertiary/aromatic N) is 3.